The highest BCUT2D eigenvalue weighted by molar-refractivity contribution is 5.83. The van der Waals surface area contributed by atoms with E-state index in [9.17, 15) is 0 Å². The number of hydrogen-bond donors (Lipinski definition) is 2. The number of benzene rings is 4. The van der Waals surface area contributed by atoms with Crippen molar-refractivity contribution in [3.8, 4) is 0 Å². The molecule has 1 aliphatic rings. The predicted octanol–water partition coefficient (Wildman–Crippen LogP) is 7.35. The molecule has 0 amide bonds. The van der Waals surface area contributed by atoms with Crippen molar-refractivity contribution in [2.24, 2.45) is 5.73 Å². The van der Waals surface area contributed by atoms with Gasteiger partial charge in [0.2, 0.25) is 0 Å². The SMILES string of the molecule is NCCCCCOC[C@@H]1O[C@H](OCCc2c[nH]c3ccccc23)[C@H](OCc2ccccc2)[C@H](OCc2ccccc2)[C@H]1OCc1ccccc1. The molecule has 3 N–H and O–H groups in total. The van der Waals surface area contributed by atoms with Gasteiger partial charge in [-0.05, 0) is 60.5 Å². The Labute approximate surface area is 295 Å². The van der Waals surface area contributed by atoms with Crippen LogP contribution in [0.5, 0.6) is 0 Å². The van der Waals surface area contributed by atoms with Gasteiger partial charge in [0.25, 0.3) is 0 Å². The Morgan fingerprint density at radius 2 is 1.16 bits per heavy atom. The van der Waals surface area contributed by atoms with Crippen LogP contribution in [-0.2, 0) is 54.7 Å². The molecule has 4 aromatic carbocycles. The minimum Gasteiger partial charge on any atom is -0.379 e. The molecule has 1 aliphatic heterocycles. The van der Waals surface area contributed by atoms with Crippen LogP contribution < -0.4 is 5.73 Å². The summed E-state index contributed by atoms with van der Waals surface area (Å²) in [5.74, 6) is 0. The number of nitrogens with two attached hydrogens (primary N) is 1. The summed E-state index contributed by atoms with van der Waals surface area (Å²) in [4.78, 5) is 3.37. The van der Waals surface area contributed by atoms with Crippen LogP contribution in [0, 0.1) is 0 Å². The van der Waals surface area contributed by atoms with Gasteiger partial charge in [-0.2, -0.15) is 0 Å². The van der Waals surface area contributed by atoms with Crippen molar-refractivity contribution in [3.63, 3.8) is 0 Å². The maximum atomic E-state index is 6.82. The lowest BCUT2D eigenvalue weighted by Crippen LogP contribution is -2.61. The fraction of sp³-hybridized carbons (Fsp3) is 0.381. The molecule has 264 valence electrons. The van der Waals surface area contributed by atoms with Gasteiger partial charge < -0.3 is 39.1 Å². The van der Waals surface area contributed by atoms with Gasteiger partial charge in [0.15, 0.2) is 6.29 Å². The van der Waals surface area contributed by atoms with Crippen molar-refractivity contribution < 1.29 is 28.4 Å². The van der Waals surface area contributed by atoms with Crippen molar-refractivity contribution in [1.29, 1.82) is 0 Å². The third-order valence-electron chi connectivity index (χ3n) is 9.05. The highest BCUT2D eigenvalue weighted by Gasteiger charge is 2.49. The zero-order valence-electron chi connectivity index (χ0n) is 28.7. The summed E-state index contributed by atoms with van der Waals surface area (Å²) in [6.07, 6.45) is 2.94. The first-order valence-electron chi connectivity index (χ1n) is 17.8. The minimum atomic E-state index is -0.716. The Hall–Kier alpha value is -3.86. The molecule has 2 heterocycles. The summed E-state index contributed by atoms with van der Waals surface area (Å²) in [5.41, 5.74) is 11.2. The number of fused-ring (bicyclic) bond motifs is 1. The number of H-pyrrole nitrogens is 1. The number of unbranched alkanes of at least 4 members (excludes halogenated alkanes) is 2. The molecule has 1 aromatic heterocycles. The Kier molecular flexibility index (Phi) is 14.0. The van der Waals surface area contributed by atoms with Gasteiger partial charge in [-0.15, -0.1) is 0 Å². The molecule has 0 unspecified atom stereocenters. The largest absolute Gasteiger partial charge is 0.379 e. The van der Waals surface area contributed by atoms with Crippen LogP contribution in [0.2, 0.25) is 0 Å². The van der Waals surface area contributed by atoms with E-state index in [-0.39, 0.29) is 0 Å². The van der Waals surface area contributed by atoms with Crippen LogP contribution >= 0.6 is 0 Å². The van der Waals surface area contributed by atoms with Crippen LogP contribution in [0.25, 0.3) is 10.9 Å². The summed E-state index contributed by atoms with van der Waals surface area (Å²) >= 11 is 0. The number of ether oxygens (including phenoxy) is 6. The van der Waals surface area contributed by atoms with Gasteiger partial charge in [-0.25, -0.2) is 0 Å². The van der Waals surface area contributed by atoms with Crippen LogP contribution in [0.4, 0.5) is 0 Å². The summed E-state index contributed by atoms with van der Waals surface area (Å²) in [6, 6.07) is 38.8. The normalized spacial score (nSPS) is 20.7. The average molecular weight is 679 g/mol. The van der Waals surface area contributed by atoms with Crippen molar-refractivity contribution in [1.82, 2.24) is 4.98 Å². The number of nitrogens with one attached hydrogen (secondary N) is 1. The third-order valence-corrected chi connectivity index (χ3v) is 9.05. The fourth-order valence-electron chi connectivity index (χ4n) is 6.36. The molecule has 1 saturated heterocycles. The number of aromatic amines is 1. The van der Waals surface area contributed by atoms with E-state index in [1.165, 1.54) is 10.9 Å². The molecule has 50 heavy (non-hydrogen) atoms. The summed E-state index contributed by atoms with van der Waals surface area (Å²) in [6.45, 7) is 3.22. The third kappa shape index (κ3) is 10.3. The van der Waals surface area contributed by atoms with E-state index in [0.29, 0.717) is 52.6 Å². The second-order valence-corrected chi connectivity index (χ2v) is 12.7. The Morgan fingerprint density at radius 3 is 1.80 bits per heavy atom. The van der Waals surface area contributed by atoms with Gasteiger partial charge in [-0.3, -0.25) is 0 Å². The summed E-state index contributed by atoms with van der Waals surface area (Å²) < 4.78 is 39.9. The van der Waals surface area contributed by atoms with E-state index < -0.39 is 30.7 Å². The first kappa shape index (κ1) is 35.9. The lowest BCUT2D eigenvalue weighted by Gasteiger charge is -2.46. The standard InChI is InChI=1S/C42H50N2O6/c43-24-13-4-14-25-45-31-38-39(47-28-32-15-5-1-6-16-32)40(48-29-33-17-7-2-8-18-33)41(49-30-34-19-9-3-10-20-34)42(50-38)46-26-23-35-27-44-37-22-12-11-21-36(35)37/h1-3,5-12,15-22,27,38-42,44H,4,13-14,23-26,28-31,43H2/t38-,39-,40+,41+,42-/m0/s1. The number of hydrogen-bond acceptors (Lipinski definition) is 7. The molecule has 0 saturated carbocycles. The first-order valence-corrected chi connectivity index (χ1v) is 17.8. The molecular weight excluding hydrogens is 628 g/mol. The van der Waals surface area contributed by atoms with Crippen LogP contribution in [0.1, 0.15) is 41.5 Å². The van der Waals surface area contributed by atoms with E-state index in [0.717, 1.165) is 41.5 Å². The number of rotatable bonds is 20. The molecule has 5 aromatic rings. The highest BCUT2D eigenvalue weighted by atomic mass is 16.7. The van der Waals surface area contributed by atoms with E-state index in [2.05, 4.69) is 65.8 Å². The quantitative estimate of drug-likeness (QED) is 0.0831. The maximum absolute atomic E-state index is 6.82. The molecule has 0 radical (unpaired) electrons. The lowest BCUT2D eigenvalue weighted by molar-refractivity contribution is -0.328. The molecule has 8 heteroatoms. The molecule has 0 bridgehead atoms. The zero-order chi connectivity index (χ0) is 34.2. The highest BCUT2D eigenvalue weighted by Crippen LogP contribution is 2.32. The summed E-state index contributed by atoms with van der Waals surface area (Å²) in [5, 5.41) is 1.19. The van der Waals surface area contributed by atoms with Gasteiger partial charge in [-0.1, -0.05) is 109 Å². The predicted molar refractivity (Wildman–Crippen MR) is 195 cm³/mol. The average Bonchev–Trinajstić information content (AvgIpc) is 3.58. The van der Waals surface area contributed by atoms with Crippen molar-refractivity contribution in [2.45, 2.75) is 76.2 Å². The Bertz CT molecular complexity index is 1650. The number of aromatic nitrogens is 1. The van der Waals surface area contributed by atoms with Crippen molar-refractivity contribution in [2.75, 3.05) is 26.4 Å². The van der Waals surface area contributed by atoms with E-state index in [1.807, 2.05) is 60.7 Å². The minimum absolute atomic E-state index is 0.334. The van der Waals surface area contributed by atoms with Gasteiger partial charge >= 0.3 is 0 Å². The van der Waals surface area contributed by atoms with E-state index >= 15 is 0 Å². The second-order valence-electron chi connectivity index (χ2n) is 12.7. The van der Waals surface area contributed by atoms with Crippen molar-refractivity contribution >= 4 is 10.9 Å². The molecule has 8 nitrogen and oxygen atoms in total. The Morgan fingerprint density at radius 1 is 0.580 bits per heavy atom. The topological polar surface area (TPSA) is 97.2 Å². The molecule has 0 aliphatic carbocycles. The van der Waals surface area contributed by atoms with E-state index in [4.69, 9.17) is 34.2 Å². The molecule has 6 rings (SSSR count). The van der Waals surface area contributed by atoms with E-state index in [1.54, 1.807) is 0 Å². The van der Waals surface area contributed by atoms with Crippen LogP contribution in [-0.4, -0.2) is 62.1 Å². The first-order chi connectivity index (χ1) is 24.8. The molecule has 5 atom stereocenters. The zero-order valence-corrected chi connectivity index (χ0v) is 28.7. The monoisotopic (exact) mass is 678 g/mol. The van der Waals surface area contributed by atoms with Crippen LogP contribution in [0.3, 0.4) is 0 Å². The maximum Gasteiger partial charge on any atom is 0.186 e. The van der Waals surface area contributed by atoms with Gasteiger partial charge in [0, 0.05) is 23.7 Å². The molecule has 0 spiro atoms. The van der Waals surface area contributed by atoms with Gasteiger partial charge in [0.05, 0.1) is 33.0 Å². The van der Waals surface area contributed by atoms with Crippen LogP contribution in [0.15, 0.2) is 121 Å². The summed E-state index contributed by atoms with van der Waals surface area (Å²) in [7, 11) is 0. The molecule has 1 fully saturated rings. The molecular formula is C42H50N2O6. The number of para-hydroxylation sites is 1. The lowest BCUT2D eigenvalue weighted by atomic mass is 9.97. The van der Waals surface area contributed by atoms with Gasteiger partial charge in [0.1, 0.15) is 24.4 Å². The fourth-order valence-corrected chi connectivity index (χ4v) is 6.36. The Balaban J connectivity index is 1.26. The second kappa shape index (κ2) is 19.5. The van der Waals surface area contributed by atoms with Crippen molar-refractivity contribution in [3.05, 3.63) is 144 Å². The smallest absolute Gasteiger partial charge is 0.186 e.